The minimum Gasteiger partial charge on any atom is -0.305 e. The van der Waals surface area contributed by atoms with Crippen LogP contribution in [0.3, 0.4) is 0 Å². The van der Waals surface area contributed by atoms with Crippen molar-refractivity contribution in [3.8, 4) is 22.5 Å². The van der Waals surface area contributed by atoms with Crippen LogP contribution in [-0.4, -0.2) is 9.97 Å². The topological polar surface area (TPSA) is 25.8 Å². The summed E-state index contributed by atoms with van der Waals surface area (Å²) < 4.78 is 62.9. The van der Waals surface area contributed by atoms with Crippen molar-refractivity contribution in [1.29, 1.82) is 0 Å². The van der Waals surface area contributed by atoms with Gasteiger partial charge in [0.1, 0.15) is 0 Å². The normalized spacial score (nSPS) is 14.6. The Hall–Kier alpha value is -3.39. The van der Waals surface area contributed by atoms with Gasteiger partial charge in [-0.25, -0.2) is 0 Å². The molecule has 0 aliphatic heterocycles. The van der Waals surface area contributed by atoms with E-state index in [1.165, 1.54) is 24.3 Å². The molecular formula is C31H26IrN2-2. The Morgan fingerprint density at radius 3 is 2.29 bits per heavy atom. The molecule has 0 bridgehead atoms. The maximum Gasteiger partial charge on any atom is 0.0366 e. The number of nitrogens with zero attached hydrogens (tertiary/aromatic N) is 2. The zero-order valence-corrected chi connectivity index (χ0v) is 20.5. The third-order valence-electron chi connectivity index (χ3n) is 4.70. The van der Waals surface area contributed by atoms with Crippen molar-refractivity contribution in [2.24, 2.45) is 0 Å². The maximum absolute atomic E-state index is 8.61. The summed E-state index contributed by atoms with van der Waals surface area (Å²) in [7, 11) is 0. The third-order valence-corrected chi connectivity index (χ3v) is 4.70. The molecule has 2 aromatic heterocycles. The molecule has 171 valence electrons. The van der Waals surface area contributed by atoms with Gasteiger partial charge in [0.15, 0.2) is 0 Å². The average Bonchev–Trinajstić information content (AvgIpc) is 2.98. The third kappa shape index (κ3) is 7.05. The molecule has 2 nitrogen and oxygen atoms in total. The van der Waals surface area contributed by atoms with Gasteiger partial charge in [0, 0.05) is 43.5 Å². The van der Waals surface area contributed by atoms with Gasteiger partial charge in [0.25, 0.3) is 0 Å². The molecule has 0 aliphatic carbocycles. The Morgan fingerprint density at radius 1 is 0.794 bits per heavy atom. The number of aryl methyl sites for hydroxylation is 2. The summed E-state index contributed by atoms with van der Waals surface area (Å²) in [6.45, 7) is -4.80. The second-order valence-corrected chi connectivity index (χ2v) is 7.09. The molecule has 0 amide bonds. The zero-order valence-electron chi connectivity index (χ0n) is 26.1. The fourth-order valence-electron chi connectivity index (χ4n) is 3.04. The van der Waals surface area contributed by atoms with Crippen molar-refractivity contribution in [1.82, 2.24) is 9.97 Å². The largest absolute Gasteiger partial charge is 0.305 e. The van der Waals surface area contributed by atoms with Gasteiger partial charge in [-0.3, -0.25) is 0 Å². The minimum absolute atomic E-state index is 0. The van der Waals surface area contributed by atoms with Gasteiger partial charge < -0.3 is 9.97 Å². The molecule has 5 rings (SSSR count). The summed E-state index contributed by atoms with van der Waals surface area (Å²) >= 11 is 0. The van der Waals surface area contributed by atoms with E-state index >= 15 is 0 Å². The van der Waals surface area contributed by atoms with E-state index in [1.807, 2.05) is 42.5 Å². The van der Waals surface area contributed by atoms with E-state index in [0.717, 1.165) is 17.5 Å². The summed E-state index contributed by atoms with van der Waals surface area (Å²) in [5.74, 6) is 0. The Kier molecular flexibility index (Phi) is 6.10. The van der Waals surface area contributed by atoms with E-state index in [2.05, 4.69) is 22.1 Å². The molecule has 5 aromatic rings. The van der Waals surface area contributed by atoms with Crippen molar-refractivity contribution >= 4 is 0 Å². The first-order valence-electron chi connectivity index (χ1n) is 14.3. The quantitative estimate of drug-likeness (QED) is 0.196. The molecule has 0 N–H and O–H groups in total. The molecule has 3 heteroatoms. The molecule has 0 saturated heterocycles. The Labute approximate surface area is 227 Å². The predicted molar refractivity (Wildman–Crippen MR) is 136 cm³/mol. The van der Waals surface area contributed by atoms with E-state index in [4.69, 9.17) is 11.0 Å². The first-order chi connectivity index (χ1) is 19.4. The molecule has 0 fully saturated rings. The molecule has 2 heterocycles. The first-order valence-corrected chi connectivity index (χ1v) is 10.3. The standard InChI is InChI=1S/C20H18N.C11H8N.Ir/c1-15-8-10-18(11-9-15)20-13-19(16(2)14-21-20)12-17-6-4-3-5-7-17;1-2-6-10(7-3-1)11-8-4-5-9-12-11;/h3-10,13-14H,12H2,1-2H3;1-6,8-9H;/q2*-1;/i1D3,2D3,12D2;;. The second-order valence-electron chi connectivity index (χ2n) is 7.09. The number of pyridine rings is 2. The van der Waals surface area contributed by atoms with Crippen molar-refractivity contribution in [2.45, 2.75) is 20.1 Å². The van der Waals surface area contributed by atoms with Crippen molar-refractivity contribution in [3.05, 3.63) is 144 Å². The zero-order chi connectivity index (χ0) is 29.7. The summed E-state index contributed by atoms with van der Waals surface area (Å²) in [4.78, 5) is 8.39. The molecule has 0 saturated carbocycles. The number of hydrogen-bond acceptors (Lipinski definition) is 2. The van der Waals surface area contributed by atoms with Gasteiger partial charge in [-0.1, -0.05) is 55.4 Å². The molecule has 34 heavy (non-hydrogen) atoms. The summed E-state index contributed by atoms with van der Waals surface area (Å²) in [6, 6.07) is 33.7. The van der Waals surface area contributed by atoms with Crippen LogP contribution in [0.2, 0.25) is 0 Å². The van der Waals surface area contributed by atoms with E-state index in [9.17, 15) is 0 Å². The SMILES string of the molecule is [2H]C([2H])([2H])c1c[c-]c(-c2cc(C([2H])([2H])c3ccccc3)c(C([2H])([2H])[2H])cn2)cc1.[Ir].[c-]1ccccc1-c1ccccn1. The summed E-state index contributed by atoms with van der Waals surface area (Å²) in [6.07, 6.45) is 0.876. The molecular weight excluding hydrogens is 593 g/mol. The van der Waals surface area contributed by atoms with Gasteiger partial charge in [0.2, 0.25) is 0 Å². The van der Waals surface area contributed by atoms with E-state index in [0.29, 0.717) is 16.8 Å². The van der Waals surface area contributed by atoms with E-state index in [1.54, 1.807) is 36.5 Å². The van der Waals surface area contributed by atoms with Crippen molar-refractivity contribution < 1.29 is 31.1 Å². The van der Waals surface area contributed by atoms with Crippen LogP contribution in [0, 0.1) is 25.8 Å². The first kappa shape index (κ1) is 16.3. The van der Waals surface area contributed by atoms with Crippen LogP contribution in [0.5, 0.6) is 0 Å². The van der Waals surface area contributed by atoms with Gasteiger partial charge in [-0.2, -0.15) is 0 Å². The molecule has 3 aromatic carbocycles. The van der Waals surface area contributed by atoms with Crippen LogP contribution in [0.1, 0.15) is 33.2 Å². The predicted octanol–water partition coefficient (Wildman–Crippen LogP) is 7.30. The van der Waals surface area contributed by atoms with Gasteiger partial charge in [-0.05, 0) is 47.4 Å². The average molecular weight is 627 g/mol. The van der Waals surface area contributed by atoms with Crippen molar-refractivity contribution in [2.75, 3.05) is 0 Å². The summed E-state index contributed by atoms with van der Waals surface area (Å²) in [5, 5.41) is 0. The molecule has 0 atom stereocenters. The van der Waals surface area contributed by atoms with Crippen LogP contribution in [0.25, 0.3) is 22.5 Å². The fraction of sp³-hybridized carbons (Fsp3) is 0.0968. The van der Waals surface area contributed by atoms with Gasteiger partial charge >= 0.3 is 0 Å². The summed E-state index contributed by atoms with van der Waals surface area (Å²) in [5.41, 5.74) is 3.03. The van der Waals surface area contributed by atoms with E-state index in [-0.39, 0.29) is 36.8 Å². The number of aromatic nitrogens is 2. The second kappa shape index (κ2) is 12.7. The van der Waals surface area contributed by atoms with Crippen LogP contribution >= 0.6 is 0 Å². The van der Waals surface area contributed by atoms with Crippen LogP contribution < -0.4 is 0 Å². The van der Waals surface area contributed by atoms with Gasteiger partial charge in [-0.15, -0.1) is 71.3 Å². The van der Waals surface area contributed by atoms with Crippen LogP contribution in [0.4, 0.5) is 0 Å². The Bertz CT molecular complexity index is 1520. The molecule has 0 spiro atoms. The number of benzene rings is 3. The smallest absolute Gasteiger partial charge is 0.0366 e. The van der Waals surface area contributed by atoms with E-state index < -0.39 is 20.1 Å². The minimum atomic E-state index is -2.54. The molecule has 0 unspecified atom stereocenters. The van der Waals surface area contributed by atoms with Crippen LogP contribution in [0.15, 0.2) is 109 Å². The van der Waals surface area contributed by atoms with Gasteiger partial charge in [0.05, 0.1) is 0 Å². The maximum atomic E-state index is 8.61. The number of hydrogen-bond donors (Lipinski definition) is 0. The molecule has 0 aliphatic rings. The Balaban J connectivity index is 0.000000310. The number of rotatable bonds is 4. The van der Waals surface area contributed by atoms with Crippen molar-refractivity contribution in [3.63, 3.8) is 0 Å². The Morgan fingerprint density at radius 2 is 1.62 bits per heavy atom. The fourth-order valence-corrected chi connectivity index (χ4v) is 3.04. The van der Waals surface area contributed by atoms with Crippen LogP contribution in [-0.2, 0) is 26.5 Å². The molecule has 1 radical (unpaired) electrons. The monoisotopic (exact) mass is 627 g/mol.